The lowest BCUT2D eigenvalue weighted by atomic mass is 10.2. The zero-order valence-electron chi connectivity index (χ0n) is 13.3. The smallest absolute Gasteiger partial charge is 0.166 e. The van der Waals surface area contributed by atoms with Gasteiger partial charge in [-0.15, -0.1) is 11.3 Å². The third kappa shape index (κ3) is 3.35. The fourth-order valence-corrected chi connectivity index (χ4v) is 4.55. The zero-order valence-corrected chi connectivity index (χ0v) is 14.9. The van der Waals surface area contributed by atoms with Crippen LogP contribution >= 0.6 is 23.6 Å². The number of aromatic nitrogens is 1. The van der Waals surface area contributed by atoms with Crippen LogP contribution in [0.4, 0.5) is 0 Å². The molecule has 1 N–H and O–H groups in total. The molecule has 1 aromatic heterocycles. The van der Waals surface area contributed by atoms with Crippen LogP contribution in [0.25, 0.3) is 10.2 Å². The number of hydrogen-bond donors (Lipinski definition) is 1. The second-order valence-corrected chi connectivity index (χ2v) is 7.61. The third-order valence-corrected chi connectivity index (χ3v) is 5.36. The Morgan fingerprint density at radius 3 is 2.77 bits per heavy atom. The summed E-state index contributed by atoms with van der Waals surface area (Å²) in [6.45, 7) is 9.95. The van der Waals surface area contributed by atoms with Crippen molar-refractivity contribution in [2.24, 2.45) is 0 Å². The van der Waals surface area contributed by atoms with Crippen molar-refractivity contribution in [2.45, 2.75) is 39.6 Å². The van der Waals surface area contributed by atoms with E-state index in [1.54, 1.807) is 11.3 Å². The van der Waals surface area contributed by atoms with Crippen molar-refractivity contribution in [3.63, 3.8) is 0 Å². The van der Waals surface area contributed by atoms with Gasteiger partial charge in [0.25, 0.3) is 0 Å². The number of fused-ring (bicyclic) bond motifs is 1. The molecule has 0 spiro atoms. The number of benzene rings is 1. The van der Waals surface area contributed by atoms with Gasteiger partial charge in [-0.1, -0.05) is 0 Å². The van der Waals surface area contributed by atoms with Crippen LogP contribution in [0.15, 0.2) is 18.2 Å². The Morgan fingerprint density at radius 1 is 1.36 bits per heavy atom. The van der Waals surface area contributed by atoms with E-state index in [0.29, 0.717) is 18.8 Å². The van der Waals surface area contributed by atoms with Gasteiger partial charge in [0.2, 0.25) is 0 Å². The largest absolute Gasteiger partial charge is 0.494 e. The second kappa shape index (κ2) is 6.66. The van der Waals surface area contributed by atoms with E-state index in [2.05, 4.69) is 30.5 Å². The summed E-state index contributed by atoms with van der Waals surface area (Å²) in [4.78, 5) is 1.52. The van der Waals surface area contributed by atoms with E-state index in [-0.39, 0.29) is 0 Å². The average Bonchev–Trinajstić information content (AvgIpc) is 2.74. The van der Waals surface area contributed by atoms with Crippen LogP contribution in [0.2, 0.25) is 0 Å². The van der Waals surface area contributed by atoms with Crippen LogP contribution in [-0.2, 0) is 11.4 Å². The molecular formula is C16H23N2O2S2+. The maximum atomic E-state index is 5.83. The van der Waals surface area contributed by atoms with Crippen molar-refractivity contribution in [3.05, 3.63) is 22.2 Å². The minimum absolute atomic E-state index is 0.308. The fraction of sp³-hybridized carbons (Fsp3) is 0.562. The molecule has 0 aliphatic carbocycles. The number of rotatable bonds is 4. The molecule has 6 heteroatoms. The van der Waals surface area contributed by atoms with E-state index in [1.807, 2.05) is 13.0 Å². The highest BCUT2D eigenvalue weighted by molar-refractivity contribution is 7.73. The van der Waals surface area contributed by atoms with E-state index < -0.39 is 0 Å². The summed E-state index contributed by atoms with van der Waals surface area (Å²) in [6, 6.07) is 6.25. The predicted molar refractivity (Wildman–Crippen MR) is 92.5 cm³/mol. The molecule has 3 atom stereocenters. The van der Waals surface area contributed by atoms with E-state index in [1.165, 1.54) is 15.1 Å². The van der Waals surface area contributed by atoms with Gasteiger partial charge in [0.1, 0.15) is 31.0 Å². The van der Waals surface area contributed by atoms with Gasteiger partial charge in [-0.05, 0) is 51.2 Å². The maximum absolute atomic E-state index is 5.83. The van der Waals surface area contributed by atoms with Crippen molar-refractivity contribution in [2.75, 3.05) is 19.7 Å². The Balaban J connectivity index is 1.87. The molecule has 1 unspecified atom stereocenters. The Kier molecular flexibility index (Phi) is 4.82. The molecule has 2 heterocycles. The molecule has 2 aromatic rings. The molecule has 1 saturated heterocycles. The van der Waals surface area contributed by atoms with Crippen LogP contribution < -0.4 is 9.64 Å². The minimum atomic E-state index is 0.308. The molecule has 0 saturated carbocycles. The molecule has 0 amide bonds. The fourth-order valence-electron chi connectivity index (χ4n) is 3.19. The van der Waals surface area contributed by atoms with Gasteiger partial charge in [0, 0.05) is 0 Å². The summed E-state index contributed by atoms with van der Waals surface area (Å²) in [7, 11) is 0. The van der Waals surface area contributed by atoms with Crippen molar-refractivity contribution >= 4 is 33.8 Å². The van der Waals surface area contributed by atoms with E-state index in [0.717, 1.165) is 29.5 Å². The Bertz CT molecular complexity index is 700. The topological polar surface area (TPSA) is 27.8 Å². The van der Waals surface area contributed by atoms with E-state index in [4.69, 9.17) is 21.7 Å². The van der Waals surface area contributed by atoms with Gasteiger partial charge in [0.15, 0.2) is 10.6 Å². The van der Waals surface area contributed by atoms with Crippen molar-refractivity contribution in [1.29, 1.82) is 0 Å². The molecule has 1 aromatic carbocycles. The zero-order chi connectivity index (χ0) is 15.7. The molecule has 1 aliphatic rings. The van der Waals surface area contributed by atoms with Gasteiger partial charge in [-0.3, -0.25) is 4.57 Å². The summed E-state index contributed by atoms with van der Waals surface area (Å²) in [5, 5.41) is 0. The summed E-state index contributed by atoms with van der Waals surface area (Å²) < 4.78 is 15.8. The van der Waals surface area contributed by atoms with Crippen LogP contribution in [0.5, 0.6) is 5.75 Å². The lowest BCUT2D eigenvalue weighted by Crippen LogP contribution is -3.14. The molecule has 1 aliphatic heterocycles. The normalized spacial score (nSPS) is 25.5. The van der Waals surface area contributed by atoms with Crippen molar-refractivity contribution in [3.8, 4) is 5.75 Å². The Hall–Kier alpha value is -0.950. The van der Waals surface area contributed by atoms with Gasteiger partial charge < -0.3 is 14.4 Å². The standard InChI is InChI=1S/C16H22N2O2S2/c1-4-19-13-5-6-14-15(7-13)22-16(21)18(14)10-17-8-11(2)20-12(3)9-17/h5-7,11-12H,4,8-10H2,1-3H3/p+1/t11-,12+. The molecule has 120 valence electrons. The second-order valence-electron chi connectivity index (χ2n) is 5.93. The monoisotopic (exact) mass is 339 g/mol. The van der Waals surface area contributed by atoms with Crippen LogP contribution in [0.3, 0.4) is 0 Å². The first-order valence-corrected chi connectivity index (χ1v) is 9.04. The van der Waals surface area contributed by atoms with E-state index in [9.17, 15) is 0 Å². The first-order valence-electron chi connectivity index (χ1n) is 7.82. The van der Waals surface area contributed by atoms with Gasteiger partial charge in [-0.2, -0.15) is 0 Å². The summed E-state index contributed by atoms with van der Waals surface area (Å²) in [5.74, 6) is 0.916. The van der Waals surface area contributed by atoms with Crippen molar-refractivity contribution in [1.82, 2.24) is 4.57 Å². The number of morpholine rings is 1. The van der Waals surface area contributed by atoms with E-state index >= 15 is 0 Å². The SMILES string of the molecule is CCOc1ccc2c(c1)sc(=S)n2C[NH+]1C[C@@H](C)O[C@@H](C)C1. The highest BCUT2D eigenvalue weighted by Gasteiger charge is 2.26. The Morgan fingerprint density at radius 2 is 2.09 bits per heavy atom. The van der Waals surface area contributed by atoms with Crippen LogP contribution in [-0.4, -0.2) is 36.5 Å². The molecule has 22 heavy (non-hydrogen) atoms. The number of nitrogens with zero attached hydrogens (tertiary/aromatic N) is 1. The lowest BCUT2D eigenvalue weighted by molar-refractivity contribution is -0.936. The summed E-state index contributed by atoms with van der Waals surface area (Å²) >= 11 is 7.25. The van der Waals surface area contributed by atoms with Crippen LogP contribution in [0.1, 0.15) is 20.8 Å². The predicted octanol–water partition coefficient (Wildman–Crippen LogP) is 2.48. The molecule has 3 rings (SSSR count). The van der Waals surface area contributed by atoms with Crippen LogP contribution in [0, 0.1) is 3.95 Å². The quantitative estimate of drug-likeness (QED) is 0.868. The van der Waals surface area contributed by atoms with Gasteiger partial charge >= 0.3 is 0 Å². The number of nitrogens with one attached hydrogen (secondary N) is 1. The first-order chi connectivity index (χ1) is 10.6. The van der Waals surface area contributed by atoms with Gasteiger partial charge in [-0.25, -0.2) is 0 Å². The molecular weight excluding hydrogens is 316 g/mol. The lowest BCUT2D eigenvalue weighted by Gasteiger charge is -2.32. The van der Waals surface area contributed by atoms with Crippen molar-refractivity contribution < 1.29 is 14.4 Å². The number of ether oxygens (including phenoxy) is 2. The summed E-state index contributed by atoms with van der Waals surface area (Å²) in [5.41, 5.74) is 1.21. The highest BCUT2D eigenvalue weighted by atomic mass is 32.1. The number of hydrogen-bond acceptors (Lipinski definition) is 4. The maximum Gasteiger partial charge on any atom is 0.166 e. The summed E-state index contributed by atoms with van der Waals surface area (Å²) in [6.07, 6.45) is 0.616. The molecule has 0 bridgehead atoms. The molecule has 4 nitrogen and oxygen atoms in total. The first kappa shape index (κ1) is 15.9. The number of thiazole rings is 1. The minimum Gasteiger partial charge on any atom is -0.494 e. The molecule has 1 fully saturated rings. The third-order valence-electron chi connectivity index (χ3n) is 3.95. The van der Waals surface area contributed by atoms with Gasteiger partial charge in [0.05, 0.1) is 16.8 Å². The highest BCUT2D eigenvalue weighted by Crippen LogP contribution is 2.27. The molecule has 0 radical (unpaired) electrons. The average molecular weight is 340 g/mol. The number of quaternary nitrogens is 1. The Labute approximate surface area is 140 Å².